The molecule has 0 aliphatic carbocycles. The van der Waals surface area contributed by atoms with Gasteiger partial charge in [0.05, 0.1) is 12.0 Å². The molecule has 1 saturated heterocycles. The third kappa shape index (κ3) is 3.01. The lowest BCUT2D eigenvalue weighted by molar-refractivity contribution is -0.140. The van der Waals surface area contributed by atoms with Crippen LogP contribution in [0.2, 0.25) is 0 Å². The number of nitrogens with zero attached hydrogens (tertiary/aromatic N) is 1. The molecule has 2 amide bonds. The number of para-hydroxylation sites is 1. The number of imide groups is 1. The van der Waals surface area contributed by atoms with Gasteiger partial charge in [0, 0.05) is 23.5 Å². The molecule has 4 aromatic rings. The highest BCUT2D eigenvalue weighted by Gasteiger charge is 2.53. The molecule has 1 aromatic heterocycles. The Morgan fingerprint density at radius 3 is 2.17 bits per heavy atom. The van der Waals surface area contributed by atoms with Crippen molar-refractivity contribution in [2.75, 3.05) is 0 Å². The zero-order chi connectivity index (χ0) is 20.6. The van der Waals surface area contributed by atoms with Crippen LogP contribution < -0.4 is 0 Å². The van der Waals surface area contributed by atoms with Gasteiger partial charge in [-0.15, -0.1) is 0 Å². The van der Waals surface area contributed by atoms with E-state index in [9.17, 15) is 9.59 Å². The van der Waals surface area contributed by atoms with Gasteiger partial charge in [-0.1, -0.05) is 78.9 Å². The SMILES string of the molecule is O=C1CC(Cc2ccccc2)(c2c[nH]c3ccccc23)C(=O)N1Cc1ccccc1. The van der Waals surface area contributed by atoms with E-state index in [0.717, 1.165) is 27.6 Å². The minimum absolute atomic E-state index is 0.120. The first-order valence-electron chi connectivity index (χ1n) is 10.2. The zero-order valence-corrected chi connectivity index (χ0v) is 16.5. The fraction of sp³-hybridized carbons (Fsp3) is 0.154. The zero-order valence-electron chi connectivity index (χ0n) is 16.5. The fourth-order valence-corrected chi connectivity index (χ4v) is 4.58. The van der Waals surface area contributed by atoms with Gasteiger partial charge in [-0.05, 0) is 29.2 Å². The Morgan fingerprint density at radius 2 is 1.43 bits per heavy atom. The monoisotopic (exact) mass is 394 g/mol. The highest BCUT2D eigenvalue weighted by Crippen LogP contribution is 2.43. The number of likely N-dealkylation sites (tertiary alicyclic amines) is 1. The number of rotatable bonds is 5. The number of carbonyl (C=O) groups is 2. The number of aromatic amines is 1. The maximum atomic E-state index is 13.9. The molecule has 2 heterocycles. The van der Waals surface area contributed by atoms with Crippen molar-refractivity contribution in [3.05, 3.63) is 108 Å². The Bertz CT molecular complexity index is 1210. The summed E-state index contributed by atoms with van der Waals surface area (Å²) in [5.74, 6) is -0.241. The molecule has 4 heteroatoms. The highest BCUT2D eigenvalue weighted by atomic mass is 16.2. The number of hydrogen-bond acceptors (Lipinski definition) is 2. The summed E-state index contributed by atoms with van der Waals surface area (Å²) in [5, 5.41) is 0.996. The van der Waals surface area contributed by atoms with Crippen LogP contribution >= 0.6 is 0 Å². The van der Waals surface area contributed by atoms with Crippen molar-refractivity contribution in [3.8, 4) is 0 Å². The maximum absolute atomic E-state index is 13.9. The van der Waals surface area contributed by atoms with Crippen molar-refractivity contribution in [1.29, 1.82) is 0 Å². The van der Waals surface area contributed by atoms with Crippen molar-refractivity contribution in [1.82, 2.24) is 9.88 Å². The van der Waals surface area contributed by atoms with Crippen molar-refractivity contribution in [2.24, 2.45) is 0 Å². The van der Waals surface area contributed by atoms with Gasteiger partial charge >= 0.3 is 0 Å². The third-order valence-corrected chi connectivity index (χ3v) is 6.05. The van der Waals surface area contributed by atoms with Crippen molar-refractivity contribution < 1.29 is 9.59 Å². The van der Waals surface area contributed by atoms with Gasteiger partial charge < -0.3 is 4.98 Å². The fourth-order valence-electron chi connectivity index (χ4n) is 4.58. The molecule has 4 nitrogen and oxygen atoms in total. The van der Waals surface area contributed by atoms with Crippen LogP contribution in [0.4, 0.5) is 0 Å². The van der Waals surface area contributed by atoms with E-state index >= 15 is 0 Å². The molecule has 148 valence electrons. The molecule has 0 saturated carbocycles. The normalized spacial score (nSPS) is 19.0. The number of fused-ring (bicyclic) bond motifs is 1. The number of nitrogens with one attached hydrogen (secondary N) is 1. The molecule has 0 bridgehead atoms. The van der Waals surface area contributed by atoms with Crippen LogP contribution in [0.3, 0.4) is 0 Å². The molecule has 1 N–H and O–H groups in total. The van der Waals surface area contributed by atoms with Crippen LogP contribution in [0.15, 0.2) is 91.1 Å². The molecule has 3 aromatic carbocycles. The topological polar surface area (TPSA) is 53.2 Å². The van der Waals surface area contributed by atoms with Gasteiger partial charge in [0.1, 0.15) is 0 Å². The van der Waals surface area contributed by atoms with E-state index in [1.807, 2.05) is 91.1 Å². The number of amides is 2. The standard InChI is InChI=1S/C26H22N2O2/c29-24-16-26(15-19-9-3-1-4-10-19,22-17-27-23-14-8-7-13-21(22)23)25(30)28(24)18-20-11-5-2-6-12-20/h1-14,17,27H,15-16,18H2. The maximum Gasteiger partial charge on any atom is 0.241 e. The van der Waals surface area contributed by atoms with Crippen LogP contribution in [0.25, 0.3) is 10.9 Å². The Hall–Kier alpha value is -3.66. The molecule has 5 rings (SSSR count). The van der Waals surface area contributed by atoms with Gasteiger partial charge in [0.25, 0.3) is 0 Å². The van der Waals surface area contributed by atoms with E-state index in [1.54, 1.807) is 0 Å². The number of benzene rings is 3. The first kappa shape index (κ1) is 18.4. The molecule has 1 aliphatic rings. The summed E-state index contributed by atoms with van der Waals surface area (Å²) in [6.07, 6.45) is 2.58. The molecule has 0 radical (unpaired) electrons. The summed E-state index contributed by atoms with van der Waals surface area (Å²) in [7, 11) is 0. The van der Waals surface area contributed by atoms with E-state index in [0.29, 0.717) is 13.0 Å². The average molecular weight is 394 g/mol. The summed E-state index contributed by atoms with van der Waals surface area (Å²) in [6.45, 7) is 0.303. The minimum Gasteiger partial charge on any atom is -0.361 e. The summed E-state index contributed by atoms with van der Waals surface area (Å²) >= 11 is 0. The third-order valence-electron chi connectivity index (χ3n) is 6.05. The van der Waals surface area contributed by atoms with Crippen molar-refractivity contribution >= 4 is 22.7 Å². The first-order chi connectivity index (χ1) is 14.7. The molecule has 1 fully saturated rings. The Kier molecular flexibility index (Phi) is 4.47. The van der Waals surface area contributed by atoms with Gasteiger partial charge in [0.2, 0.25) is 11.8 Å². The second kappa shape index (κ2) is 7.30. The van der Waals surface area contributed by atoms with E-state index in [4.69, 9.17) is 0 Å². The smallest absolute Gasteiger partial charge is 0.241 e. The second-order valence-corrected chi connectivity index (χ2v) is 7.94. The summed E-state index contributed by atoms with van der Waals surface area (Å²) in [5.41, 5.74) is 2.96. The number of carbonyl (C=O) groups excluding carboxylic acids is 2. The predicted octanol–water partition coefficient (Wildman–Crippen LogP) is 4.61. The number of H-pyrrole nitrogens is 1. The van der Waals surface area contributed by atoms with Crippen LogP contribution in [-0.4, -0.2) is 21.7 Å². The van der Waals surface area contributed by atoms with E-state index in [2.05, 4.69) is 4.98 Å². The van der Waals surface area contributed by atoms with Crippen LogP contribution in [-0.2, 0) is 28.0 Å². The van der Waals surface area contributed by atoms with Crippen molar-refractivity contribution in [2.45, 2.75) is 24.8 Å². The van der Waals surface area contributed by atoms with E-state index in [-0.39, 0.29) is 18.2 Å². The summed E-state index contributed by atoms with van der Waals surface area (Å²) in [4.78, 5) is 31.7. The van der Waals surface area contributed by atoms with E-state index < -0.39 is 5.41 Å². The average Bonchev–Trinajstić information content (AvgIpc) is 3.31. The van der Waals surface area contributed by atoms with Gasteiger partial charge in [0.15, 0.2) is 0 Å². The highest BCUT2D eigenvalue weighted by molar-refractivity contribution is 6.11. The number of aromatic nitrogens is 1. The second-order valence-electron chi connectivity index (χ2n) is 7.94. The first-order valence-corrected chi connectivity index (χ1v) is 10.2. The Labute approximate surface area is 175 Å². The van der Waals surface area contributed by atoms with Gasteiger partial charge in [-0.25, -0.2) is 0 Å². The molecular weight excluding hydrogens is 372 g/mol. The van der Waals surface area contributed by atoms with Crippen LogP contribution in [0.5, 0.6) is 0 Å². The Balaban J connectivity index is 1.62. The molecule has 1 aliphatic heterocycles. The van der Waals surface area contributed by atoms with Gasteiger partial charge in [-0.3, -0.25) is 14.5 Å². The summed E-state index contributed by atoms with van der Waals surface area (Å²) in [6, 6.07) is 27.6. The minimum atomic E-state index is -0.910. The quantitative estimate of drug-likeness (QED) is 0.503. The lowest BCUT2D eigenvalue weighted by Gasteiger charge is -2.27. The number of hydrogen-bond donors (Lipinski definition) is 1. The van der Waals surface area contributed by atoms with Crippen molar-refractivity contribution in [3.63, 3.8) is 0 Å². The molecule has 1 atom stereocenters. The lowest BCUT2D eigenvalue weighted by atomic mass is 9.74. The van der Waals surface area contributed by atoms with Crippen LogP contribution in [0.1, 0.15) is 23.1 Å². The predicted molar refractivity (Wildman–Crippen MR) is 117 cm³/mol. The molecule has 0 spiro atoms. The van der Waals surface area contributed by atoms with Crippen LogP contribution in [0, 0.1) is 0 Å². The molecule has 30 heavy (non-hydrogen) atoms. The molecule has 1 unspecified atom stereocenters. The summed E-state index contributed by atoms with van der Waals surface area (Å²) < 4.78 is 0. The van der Waals surface area contributed by atoms with Gasteiger partial charge in [-0.2, -0.15) is 0 Å². The lowest BCUT2D eigenvalue weighted by Crippen LogP contribution is -2.39. The Morgan fingerprint density at radius 1 is 0.800 bits per heavy atom. The van der Waals surface area contributed by atoms with E-state index in [1.165, 1.54) is 4.90 Å². The molecular formula is C26H22N2O2. The largest absolute Gasteiger partial charge is 0.361 e.